The zero-order valence-electron chi connectivity index (χ0n) is 13.5. The summed E-state index contributed by atoms with van der Waals surface area (Å²) in [6, 6.07) is 2.48. The molecule has 1 spiro atoms. The maximum absolute atomic E-state index is 6.04. The molecule has 1 heterocycles. The number of anilines is 1. The van der Waals surface area contributed by atoms with Crippen LogP contribution in [0.2, 0.25) is 0 Å². The van der Waals surface area contributed by atoms with Gasteiger partial charge in [0, 0.05) is 37.0 Å². The van der Waals surface area contributed by atoms with Gasteiger partial charge in [0.15, 0.2) is 0 Å². The number of hydrogen-bond donors (Lipinski definition) is 0. The lowest BCUT2D eigenvalue weighted by atomic mass is 9.54. The molecule has 2 aliphatic rings. The Morgan fingerprint density at radius 1 is 1.33 bits per heavy atom. The predicted octanol–water partition coefficient (Wildman–Crippen LogP) is 3.35. The molecule has 1 aromatic rings. The van der Waals surface area contributed by atoms with Crippen LogP contribution in [0, 0.1) is 12.3 Å². The van der Waals surface area contributed by atoms with Gasteiger partial charge in [-0.3, -0.25) is 0 Å². The van der Waals surface area contributed by atoms with Gasteiger partial charge in [-0.1, -0.05) is 19.3 Å². The van der Waals surface area contributed by atoms with Crippen molar-refractivity contribution >= 4 is 5.95 Å². The smallest absolute Gasteiger partial charge is 0.225 e. The molecule has 4 nitrogen and oxygen atoms in total. The Labute approximate surface area is 127 Å². The average Bonchev–Trinajstić information content (AvgIpc) is 2.51. The first-order chi connectivity index (χ1) is 10.2. The van der Waals surface area contributed by atoms with E-state index in [-0.39, 0.29) is 0 Å². The molecular formula is C17H27N3O. The number of aromatic nitrogens is 2. The number of hydrogen-bond acceptors (Lipinski definition) is 4. The van der Waals surface area contributed by atoms with Crippen molar-refractivity contribution < 1.29 is 4.74 Å². The maximum atomic E-state index is 6.04. The second kappa shape index (κ2) is 5.91. The fourth-order valence-electron chi connectivity index (χ4n) is 4.32. The number of nitrogens with zero attached hydrogens (tertiary/aromatic N) is 3. The highest BCUT2D eigenvalue weighted by Crippen LogP contribution is 2.55. The SMILES string of the molecule is CCOC1CC(N(C)c2nccc(C)n2)C12CCCCC2. The van der Waals surface area contributed by atoms with E-state index in [0.29, 0.717) is 17.6 Å². The van der Waals surface area contributed by atoms with Crippen molar-refractivity contribution in [3.05, 3.63) is 18.0 Å². The van der Waals surface area contributed by atoms with Crippen LogP contribution >= 0.6 is 0 Å². The molecule has 3 rings (SSSR count). The first kappa shape index (κ1) is 14.8. The molecule has 2 atom stereocenters. The topological polar surface area (TPSA) is 38.2 Å². The van der Waals surface area contributed by atoms with E-state index in [1.807, 2.05) is 19.2 Å². The van der Waals surface area contributed by atoms with Crippen molar-refractivity contribution in [1.82, 2.24) is 9.97 Å². The Morgan fingerprint density at radius 3 is 2.76 bits per heavy atom. The Kier molecular flexibility index (Phi) is 4.16. The Morgan fingerprint density at radius 2 is 2.10 bits per heavy atom. The molecule has 0 aromatic carbocycles. The van der Waals surface area contributed by atoms with E-state index in [1.54, 1.807) is 0 Å². The van der Waals surface area contributed by atoms with Gasteiger partial charge in [0.2, 0.25) is 5.95 Å². The fraction of sp³-hybridized carbons (Fsp3) is 0.765. The van der Waals surface area contributed by atoms with Gasteiger partial charge >= 0.3 is 0 Å². The van der Waals surface area contributed by atoms with E-state index >= 15 is 0 Å². The van der Waals surface area contributed by atoms with Crippen LogP contribution in [0.15, 0.2) is 12.3 Å². The summed E-state index contributed by atoms with van der Waals surface area (Å²) in [6.45, 7) is 4.96. The second-order valence-electron chi connectivity index (χ2n) is 6.60. The summed E-state index contributed by atoms with van der Waals surface area (Å²) in [4.78, 5) is 11.4. The zero-order chi connectivity index (χ0) is 14.9. The number of ether oxygens (including phenoxy) is 1. The summed E-state index contributed by atoms with van der Waals surface area (Å²) in [7, 11) is 2.15. The van der Waals surface area contributed by atoms with E-state index in [2.05, 4.69) is 28.8 Å². The summed E-state index contributed by atoms with van der Waals surface area (Å²) in [5, 5.41) is 0. The van der Waals surface area contributed by atoms with Gasteiger partial charge in [0.25, 0.3) is 0 Å². The van der Waals surface area contributed by atoms with Crippen molar-refractivity contribution in [1.29, 1.82) is 0 Å². The van der Waals surface area contributed by atoms with E-state index in [0.717, 1.165) is 24.7 Å². The van der Waals surface area contributed by atoms with Crippen LogP contribution in [0.3, 0.4) is 0 Å². The summed E-state index contributed by atoms with van der Waals surface area (Å²) in [6.07, 6.45) is 10.0. The van der Waals surface area contributed by atoms with E-state index < -0.39 is 0 Å². The van der Waals surface area contributed by atoms with Crippen molar-refractivity contribution in [3.8, 4) is 0 Å². The molecule has 116 valence electrons. The molecule has 2 fully saturated rings. The second-order valence-corrected chi connectivity index (χ2v) is 6.60. The molecule has 21 heavy (non-hydrogen) atoms. The van der Waals surface area contributed by atoms with Gasteiger partial charge in [-0.15, -0.1) is 0 Å². The Hall–Kier alpha value is -1.16. The molecule has 0 saturated heterocycles. The Bertz CT molecular complexity index is 485. The first-order valence-corrected chi connectivity index (χ1v) is 8.31. The van der Waals surface area contributed by atoms with Crippen LogP contribution in [-0.2, 0) is 4.74 Å². The lowest BCUT2D eigenvalue weighted by Crippen LogP contribution is -2.65. The molecular weight excluding hydrogens is 262 g/mol. The van der Waals surface area contributed by atoms with Crippen LogP contribution in [0.25, 0.3) is 0 Å². The molecule has 2 aliphatic carbocycles. The molecule has 0 amide bonds. The lowest BCUT2D eigenvalue weighted by Gasteiger charge is -2.60. The van der Waals surface area contributed by atoms with Crippen LogP contribution in [0.5, 0.6) is 0 Å². The van der Waals surface area contributed by atoms with Gasteiger partial charge in [0.05, 0.1) is 6.10 Å². The molecule has 0 N–H and O–H groups in total. The molecule has 0 aliphatic heterocycles. The normalized spacial score (nSPS) is 27.4. The summed E-state index contributed by atoms with van der Waals surface area (Å²) in [5.74, 6) is 0.861. The maximum Gasteiger partial charge on any atom is 0.225 e. The minimum absolute atomic E-state index is 0.329. The third-order valence-electron chi connectivity index (χ3n) is 5.46. The Balaban J connectivity index is 1.81. The van der Waals surface area contributed by atoms with E-state index in [1.165, 1.54) is 32.1 Å². The summed E-state index contributed by atoms with van der Waals surface area (Å²) in [5.41, 5.74) is 1.36. The summed E-state index contributed by atoms with van der Waals surface area (Å²) >= 11 is 0. The van der Waals surface area contributed by atoms with Crippen LogP contribution in [0.1, 0.15) is 51.1 Å². The average molecular weight is 289 g/mol. The highest BCUT2D eigenvalue weighted by atomic mass is 16.5. The van der Waals surface area contributed by atoms with Crippen molar-refractivity contribution in [3.63, 3.8) is 0 Å². The number of rotatable bonds is 4. The predicted molar refractivity (Wildman–Crippen MR) is 84.5 cm³/mol. The quantitative estimate of drug-likeness (QED) is 0.852. The minimum atomic E-state index is 0.329. The van der Waals surface area contributed by atoms with Gasteiger partial charge in [-0.25, -0.2) is 9.97 Å². The van der Waals surface area contributed by atoms with Crippen LogP contribution in [-0.4, -0.2) is 35.8 Å². The molecule has 2 unspecified atom stereocenters. The van der Waals surface area contributed by atoms with Crippen molar-refractivity contribution in [2.75, 3.05) is 18.6 Å². The molecule has 0 bridgehead atoms. The van der Waals surface area contributed by atoms with Gasteiger partial charge in [0.1, 0.15) is 0 Å². The first-order valence-electron chi connectivity index (χ1n) is 8.31. The van der Waals surface area contributed by atoms with Gasteiger partial charge < -0.3 is 9.64 Å². The standard InChI is InChI=1S/C17H27N3O/c1-4-21-15-12-14(17(15)9-6-5-7-10-17)20(3)16-18-11-8-13(2)19-16/h8,11,14-15H,4-7,9-10,12H2,1-3H3. The van der Waals surface area contributed by atoms with Crippen molar-refractivity contribution in [2.45, 2.75) is 64.5 Å². The third-order valence-corrected chi connectivity index (χ3v) is 5.46. The van der Waals surface area contributed by atoms with Crippen molar-refractivity contribution in [2.24, 2.45) is 5.41 Å². The molecule has 2 saturated carbocycles. The molecule has 0 radical (unpaired) electrons. The van der Waals surface area contributed by atoms with E-state index in [9.17, 15) is 0 Å². The molecule has 1 aromatic heterocycles. The minimum Gasteiger partial charge on any atom is -0.378 e. The number of aryl methyl sites for hydroxylation is 1. The monoisotopic (exact) mass is 289 g/mol. The summed E-state index contributed by atoms with van der Waals surface area (Å²) < 4.78 is 6.04. The third kappa shape index (κ3) is 2.54. The fourth-order valence-corrected chi connectivity index (χ4v) is 4.32. The highest BCUT2D eigenvalue weighted by Gasteiger charge is 2.57. The lowest BCUT2D eigenvalue weighted by molar-refractivity contribution is -0.141. The molecule has 4 heteroatoms. The van der Waals surface area contributed by atoms with Gasteiger partial charge in [-0.05, 0) is 39.2 Å². The largest absolute Gasteiger partial charge is 0.378 e. The van der Waals surface area contributed by atoms with Crippen LogP contribution < -0.4 is 4.90 Å². The highest BCUT2D eigenvalue weighted by molar-refractivity contribution is 5.35. The van der Waals surface area contributed by atoms with Gasteiger partial charge in [-0.2, -0.15) is 0 Å². The van der Waals surface area contributed by atoms with Crippen LogP contribution in [0.4, 0.5) is 5.95 Å². The van der Waals surface area contributed by atoms with E-state index in [4.69, 9.17) is 4.74 Å². The zero-order valence-corrected chi connectivity index (χ0v) is 13.5.